The van der Waals surface area contributed by atoms with E-state index in [0.717, 1.165) is 45.0 Å². The van der Waals surface area contributed by atoms with Crippen molar-refractivity contribution in [2.24, 2.45) is 0 Å². The standard InChI is InChI=1S/C84H54BN3/c1-7-23-55(24-8-1)60-33-21-35-62(45-60)64-42-44-77-71(47-64)73-48-66(63-36-22-34-61(46-63)56-25-9-2-10-26-56)49-75-84(73)88(77)82-52-67(58-29-13-4-14-30-58)51-81-83(82)85(75)74-54-79-72(70-39-19-20-40-76(70)86(79)68-37-17-6-18-38-68)53-80(74)87(81)78-50-65(57-27-11-3-12-28-57)41-43-69(78)59-31-15-5-16-32-59/h1-54H. The minimum atomic E-state index is -0.191. The van der Waals surface area contributed by atoms with Crippen LogP contribution < -0.4 is 21.3 Å². The monoisotopic (exact) mass is 1120 g/mol. The second-order valence-corrected chi connectivity index (χ2v) is 23.6. The Bertz CT molecular complexity index is 5420. The van der Waals surface area contributed by atoms with E-state index in [1.807, 2.05) is 0 Å². The van der Waals surface area contributed by atoms with E-state index in [4.69, 9.17) is 0 Å². The lowest BCUT2D eigenvalue weighted by molar-refractivity contribution is 1.17. The van der Waals surface area contributed by atoms with Crippen molar-refractivity contribution in [1.29, 1.82) is 0 Å². The molecule has 18 rings (SSSR count). The van der Waals surface area contributed by atoms with Gasteiger partial charge in [-0.15, -0.1) is 0 Å². The van der Waals surface area contributed by atoms with Gasteiger partial charge < -0.3 is 14.0 Å². The number of fused-ring (bicyclic) bond motifs is 10. The van der Waals surface area contributed by atoms with Crippen molar-refractivity contribution in [3.8, 4) is 89.3 Å². The number of aromatic nitrogens is 2. The van der Waals surface area contributed by atoms with E-state index in [1.54, 1.807) is 0 Å². The average Bonchev–Trinajstić information content (AvgIpc) is 1.12. The molecule has 0 atom stereocenters. The summed E-state index contributed by atoms with van der Waals surface area (Å²) >= 11 is 0. The van der Waals surface area contributed by atoms with Crippen LogP contribution in [0.4, 0.5) is 17.1 Å². The Hall–Kier alpha value is -11.5. The highest BCUT2D eigenvalue weighted by atomic mass is 15.2. The summed E-state index contributed by atoms with van der Waals surface area (Å²) < 4.78 is 5.13. The summed E-state index contributed by atoms with van der Waals surface area (Å²) in [7, 11) is 0. The molecular weight excluding hydrogens is 1060 g/mol. The summed E-state index contributed by atoms with van der Waals surface area (Å²) in [4.78, 5) is 2.65. The summed E-state index contributed by atoms with van der Waals surface area (Å²) in [5, 5.41) is 4.87. The van der Waals surface area contributed by atoms with E-state index in [-0.39, 0.29) is 6.71 Å². The molecule has 0 saturated heterocycles. The van der Waals surface area contributed by atoms with Gasteiger partial charge in [0, 0.05) is 55.4 Å². The van der Waals surface area contributed by atoms with Gasteiger partial charge in [-0.2, -0.15) is 0 Å². The van der Waals surface area contributed by atoms with Crippen LogP contribution in [-0.4, -0.2) is 15.8 Å². The fourth-order valence-corrected chi connectivity index (χ4v) is 14.7. The van der Waals surface area contributed by atoms with Gasteiger partial charge in [0.15, 0.2) is 0 Å². The third-order valence-electron chi connectivity index (χ3n) is 18.6. The summed E-state index contributed by atoms with van der Waals surface area (Å²) in [5.74, 6) is 0. The Labute approximate surface area is 511 Å². The summed E-state index contributed by atoms with van der Waals surface area (Å²) in [6, 6.07) is 122. The van der Waals surface area contributed by atoms with Crippen LogP contribution in [-0.2, 0) is 0 Å². The van der Waals surface area contributed by atoms with E-state index in [1.165, 1.54) is 121 Å². The van der Waals surface area contributed by atoms with Crippen LogP contribution >= 0.6 is 0 Å². The number of nitrogens with zero attached hydrogens (tertiary/aromatic N) is 3. The van der Waals surface area contributed by atoms with Gasteiger partial charge in [0.2, 0.25) is 0 Å². The third-order valence-corrected chi connectivity index (χ3v) is 18.6. The molecule has 0 fully saturated rings. The van der Waals surface area contributed by atoms with Gasteiger partial charge in [-0.05, 0) is 168 Å². The maximum absolute atomic E-state index is 2.65. The van der Waals surface area contributed by atoms with E-state index in [2.05, 4.69) is 342 Å². The minimum Gasteiger partial charge on any atom is -0.311 e. The van der Waals surface area contributed by atoms with Gasteiger partial charge in [0.25, 0.3) is 6.71 Å². The van der Waals surface area contributed by atoms with E-state index < -0.39 is 0 Å². The second kappa shape index (κ2) is 20.1. The van der Waals surface area contributed by atoms with Crippen LogP contribution in [0.5, 0.6) is 0 Å². The molecule has 0 unspecified atom stereocenters. The largest absolute Gasteiger partial charge is 0.311 e. The summed E-state index contributed by atoms with van der Waals surface area (Å²) in [6.07, 6.45) is 0. The van der Waals surface area contributed by atoms with E-state index in [0.29, 0.717) is 0 Å². The lowest BCUT2D eigenvalue weighted by Gasteiger charge is -2.41. The van der Waals surface area contributed by atoms with Crippen LogP contribution in [0.25, 0.3) is 133 Å². The first-order chi connectivity index (χ1) is 43.6. The third kappa shape index (κ3) is 7.93. The molecular formula is C84H54BN3. The highest BCUT2D eigenvalue weighted by molar-refractivity contribution is 7.00. The molecule has 2 aromatic heterocycles. The molecule has 4 heterocycles. The number of hydrogen-bond donors (Lipinski definition) is 0. The molecule has 0 spiro atoms. The molecule has 16 aromatic rings. The maximum Gasteiger partial charge on any atom is 0.252 e. The molecule has 408 valence electrons. The van der Waals surface area contributed by atoms with Crippen molar-refractivity contribution < 1.29 is 0 Å². The normalized spacial score (nSPS) is 12.3. The summed E-state index contributed by atoms with van der Waals surface area (Å²) in [6.45, 7) is -0.191. The Morgan fingerprint density at radius 2 is 0.659 bits per heavy atom. The fraction of sp³-hybridized carbons (Fsp3) is 0. The minimum absolute atomic E-state index is 0.191. The first-order valence-electron chi connectivity index (χ1n) is 30.5. The first kappa shape index (κ1) is 49.9. The van der Waals surface area contributed by atoms with Gasteiger partial charge in [-0.25, -0.2) is 0 Å². The molecule has 0 saturated carbocycles. The van der Waals surface area contributed by atoms with Gasteiger partial charge in [0.1, 0.15) is 0 Å². The first-order valence-corrected chi connectivity index (χ1v) is 30.5. The molecule has 3 nitrogen and oxygen atoms in total. The zero-order chi connectivity index (χ0) is 57.8. The Morgan fingerprint density at radius 1 is 0.216 bits per heavy atom. The molecule has 0 bridgehead atoms. The van der Waals surface area contributed by atoms with Crippen LogP contribution in [0.3, 0.4) is 0 Å². The molecule has 0 N–H and O–H groups in total. The van der Waals surface area contributed by atoms with Gasteiger partial charge in [-0.3, -0.25) is 0 Å². The zero-order valence-electron chi connectivity index (χ0n) is 48.1. The van der Waals surface area contributed by atoms with Crippen molar-refractivity contribution in [1.82, 2.24) is 9.13 Å². The van der Waals surface area contributed by atoms with E-state index in [9.17, 15) is 0 Å². The average molecular weight is 1120 g/mol. The van der Waals surface area contributed by atoms with Crippen molar-refractivity contribution in [3.63, 3.8) is 0 Å². The molecule has 88 heavy (non-hydrogen) atoms. The molecule has 2 aliphatic heterocycles. The lowest BCUT2D eigenvalue weighted by Crippen LogP contribution is -2.60. The van der Waals surface area contributed by atoms with Crippen LogP contribution in [0.1, 0.15) is 0 Å². The number of anilines is 3. The smallest absolute Gasteiger partial charge is 0.252 e. The van der Waals surface area contributed by atoms with Gasteiger partial charge >= 0.3 is 0 Å². The van der Waals surface area contributed by atoms with Crippen LogP contribution in [0.15, 0.2) is 328 Å². The molecule has 4 heteroatoms. The maximum atomic E-state index is 2.65. The van der Waals surface area contributed by atoms with Crippen molar-refractivity contribution in [2.75, 3.05) is 4.90 Å². The number of para-hydroxylation sites is 2. The highest BCUT2D eigenvalue weighted by Gasteiger charge is 2.44. The predicted octanol–water partition coefficient (Wildman–Crippen LogP) is 20.2. The second-order valence-electron chi connectivity index (χ2n) is 23.6. The predicted molar refractivity (Wildman–Crippen MR) is 373 cm³/mol. The molecule has 0 amide bonds. The molecule has 0 aliphatic carbocycles. The fourth-order valence-electron chi connectivity index (χ4n) is 14.7. The topological polar surface area (TPSA) is 13.1 Å². The highest BCUT2D eigenvalue weighted by Crippen LogP contribution is 2.50. The zero-order valence-corrected chi connectivity index (χ0v) is 48.1. The number of hydrogen-bond acceptors (Lipinski definition) is 1. The Balaban J connectivity index is 1.000. The Kier molecular flexibility index (Phi) is 11.4. The number of rotatable bonds is 9. The van der Waals surface area contributed by atoms with Crippen LogP contribution in [0, 0.1) is 0 Å². The van der Waals surface area contributed by atoms with Crippen molar-refractivity contribution in [3.05, 3.63) is 328 Å². The quantitative estimate of drug-likeness (QED) is 0.131. The molecule has 14 aromatic carbocycles. The number of benzene rings is 14. The lowest BCUT2D eigenvalue weighted by atomic mass is 9.33. The van der Waals surface area contributed by atoms with E-state index >= 15 is 0 Å². The molecule has 2 aliphatic rings. The van der Waals surface area contributed by atoms with Crippen molar-refractivity contribution >= 4 is 83.8 Å². The van der Waals surface area contributed by atoms with Crippen molar-refractivity contribution in [2.45, 2.75) is 0 Å². The summed E-state index contributed by atoms with van der Waals surface area (Å²) in [5.41, 5.74) is 30.8. The van der Waals surface area contributed by atoms with Gasteiger partial charge in [-0.1, -0.05) is 249 Å². The van der Waals surface area contributed by atoms with Gasteiger partial charge in [0.05, 0.1) is 22.2 Å². The van der Waals surface area contributed by atoms with Crippen LogP contribution in [0.2, 0.25) is 0 Å². The Morgan fingerprint density at radius 3 is 1.30 bits per heavy atom. The molecule has 0 radical (unpaired) electrons. The SMILES string of the molecule is c1ccc(-c2cccc(-c3ccc4c(c3)c3cc(-c5cccc(-c6ccccc6)c5)cc5c3n4-c3cc(-c4ccccc4)cc4c3B5c3cc5c(cc3N4c3cc(-c4ccccc4)ccc3-c3ccccc3)c3ccccc3n5-c3ccccc3)c2)cc1.